The highest BCUT2D eigenvalue weighted by Gasteiger charge is 2.37. The van der Waals surface area contributed by atoms with E-state index in [1.165, 1.54) is 0 Å². The molecule has 0 bridgehead atoms. The molecule has 8 heteroatoms. The smallest absolute Gasteiger partial charge is 0.226 e. The van der Waals surface area contributed by atoms with Crippen LogP contribution in [0.5, 0.6) is 0 Å². The standard InChI is InChI=1S/C22H34N6O2/c1-16(2)27-18(8-12-23-27)25-20(29)14-22(10-6-5-7-11-22)15-21(30)26-19-9-13-24-28(19)17(3)4/h8-9,12-13,16-17H,5-7,10-11,14-15H2,1-4H3,(H,25,29)(H,26,30). The quantitative estimate of drug-likeness (QED) is 0.663. The van der Waals surface area contributed by atoms with Crippen molar-refractivity contribution in [1.29, 1.82) is 0 Å². The first-order valence-electron chi connectivity index (χ1n) is 11.0. The van der Waals surface area contributed by atoms with Crippen LogP contribution in [0.3, 0.4) is 0 Å². The Kier molecular flexibility index (Phi) is 6.95. The topological polar surface area (TPSA) is 93.8 Å². The molecule has 0 radical (unpaired) electrons. The third-order valence-corrected chi connectivity index (χ3v) is 5.84. The van der Waals surface area contributed by atoms with Crippen molar-refractivity contribution in [3.8, 4) is 0 Å². The van der Waals surface area contributed by atoms with Crippen LogP contribution in [0, 0.1) is 5.41 Å². The van der Waals surface area contributed by atoms with Crippen molar-refractivity contribution in [2.45, 2.75) is 84.7 Å². The molecule has 164 valence electrons. The fourth-order valence-corrected chi connectivity index (χ4v) is 4.42. The maximum atomic E-state index is 12.9. The molecule has 0 spiro atoms. The Morgan fingerprint density at radius 1 is 0.867 bits per heavy atom. The fraction of sp³-hybridized carbons (Fsp3) is 0.636. The van der Waals surface area contributed by atoms with Gasteiger partial charge in [0.05, 0.1) is 12.4 Å². The number of carbonyl (C=O) groups excluding carboxylic acids is 2. The first kappa shape index (κ1) is 22.1. The molecule has 30 heavy (non-hydrogen) atoms. The summed E-state index contributed by atoms with van der Waals surface area (Å²) in [5.41, 5.74) is -0.308. The van der Waals surface area contributed by atoms with Crippen LogP contribution in [0.1, 0.15) is 84.7 Å². The Bertz CT molecular complexity index is 796. The zero-order chi connectivity index (χ0) is 21.7. The predicted octanol–water partition coefficient (Wildman–Crippen LogP) is 4.55. The Hall–Kier alpha value is -2.64. The summed E-state index contributed by atoms with van der Waals surface area (Å²) in [4.78, 5) is 25.8. The summed E-state index contributed by atoms with van der Waals surface area (Å²) in [5, 5.41) is 14.6. The Labute approximate surface area is 178 Å². The van der Waals surface area contributed by atoms with Crippen LogP contribution in [-0.2, 0) is 9.59 Å². The van der Waals surface area contributed by atoms with Crippen molar-refractivity contribution in [3.05, 3.63) is 24.5 Å². The maximum absolute atomic E-state index is 12.9. The number of carbonyl (C=O) groups is 2. The van der Waals surface area contributed by atoms with E-state index in [4.69, 9.17) is 0 Å². The normalized spacial score (nSPS) is 16.1. The third-order valence-electron chi connectivity index (χ3n) is 5.84. The molecule has 1 fully saturated rings. The Morgan fingerprint density at radius 2 is 1.30 bits per heavy atom. The van der Waals surface area contributed by atoms with E-state index in [0.717, 1.165) is 32.1 Å². The maximum Gasteiger partial charge on any atom is 0.226 e. The minimum absolute atomic E-state index is 0.0562. The molecular weight excluding hydrogens is 380 g/mol. The lowest BCUT2D eigenvalue weighted by molar-refractivity contribution is -0.122. The van der Waals surface area contributed by atoms with Gasteiger partial charge in [-0.1, -0.05) is 19.3 Å². The highest BCUT2D eigenvalue weighted by Crippen LogP contribution is 2.42. The average molecular weight is 415 g/mol. The second-order valence-electron chi connectivity index (χ2n) is 9.02. The molecule has 1 aliphatic rings. The second kappa shape index (κ2) is 9.45. The molecule has 2 N–H and O–H groups in total. The van der Waals surface area contributed by atoms with Crippen LogP contribution in [0.4, 0.5) is 11.6 Å². The molecular formula is C22H34N6O2. The van der Waals surface area contributed by atoms with Gasteiger partial charge >= 0.3 is 0 Å². The first-order chi connectivity index (χ1) is 14.3. The van der Waals surface area contributed by atoms with Crippen molar-refractivity contribution in [3.63, 3.8) is 0 Å². The van der Waals surface area contributed by atoms with E-state index in [0.29, 0.717) is 24.5 Å². The summed E-state index contributed by atoms with van der Waals surface area (Å²) in [6, 6.07) is 3.95. The summed E-state index contributed by atoms with van der Waals surface area (Å²) in [6.07, 6.45) is 9.10. The zero-order valence-electron chi connectivity index (χ0n) is 18.5. The molecule has 0 atom stereocenters. The van der Waals surface area contributed by atoms with Gasteiger partial charge in [-0.3, -0.25) is 9.59 Å². The molecule has 2 amide bonds. The molecule has 0 saturated heterocycles. The second-order valence-corrected chi connectivity index (χ2v) is 9.02. The van der Waals surface area contributed by atoms with Crippen LogP contribution in [-0.4, -0.2) is 31.4 Å². The molecule has 1 aliphatic carbocycles. The van der Waals surface area contributed by atoms with Crippen LogP contribution in [0.15, 0.2) is 24.5 Å². The number of nitrogens with one attached hydrogen (secondary N) is 2. The molecule has 0 unspecified atom stereocenters. The summed E-state index contributed by atoms with van der Waals surface area (Å²) in [7, 11) is 0. The molecule has 2 aromatic heterocycles. The lowest BCUT2D eigenvalue weighted by Gasteiger charge is -2.36. The van der Waals surface area contributed by atoms with Crippen LogP contribution in [0.25, 0.3) is 0 Å². The monoisotopic (exact) mass is 414 g/mol. The van der Waals surface area contributed by atoms with E-state index in [-0.39, 0.29) is 29.3 Å². The number of aromatic nitrogens is 4. The average Bonchev–Trinajstić information content (AvgIpc) is 3.31. The molecule has 0 aromatic carbocycles. The minimum Gasteiger partial charge on any atom is -0.311 e. The summed E-state index contributed by atoms with van der Waals surface area (Å²) >= 11 is 0. The van der Waals surface area contributed by atoms with Crippen LogP contribution in [0.2, 0.25) is 0 Å². The van der Waals surface area contributed by atoms with Gasteiger partial charge in [0.2, 0.25) is 11.8 Å². The number of amides is 2. The highest BCUT2D eigenvalue weighted by atomic mass is 16.2. The highest BCUT2D eigenvalue weighted by molar-refractivity contribution is 5.93. The zero-order valence-corrected chi connectivity index (χ0v) is 18.5. The van der Waals surface area contributed by atoms with E-state index < -0.39 is 0 Å². The van der Waals surface area contributed by atoms with Gasteiger partial charge in [-0.15, -0.1) is 0 Å². The minimum atomic E-state index is -0.308. The fourth-order valence-electron chi connectivity index (χ4n) is 4.42. The van der Waals surface area contributed by atoms with Gasteiger partial charge in [0.1, 0.15) is 11.6 Å². The molecule has 2 heterocycles. The van der Waals surface area contributed by atoms with Crippen molar-refractivity contribution >= 4 is 23.5 Å². The molecule has 2 aromatic rings. The molecule has 3 rings (SSSR count). The van der Waals surface area contributed by atoms with Gasteiger partial charge in [-0.2, -0.15) is 10.2 Å². The van der Waals surface area contributed by atoms with Crippen molar-refractivity contribution in [2.75, 3.05) is 10.6 Å². The molecule has 1 saturated carbocycles. The van der Waals surface area contributed by atoms with Crippen LogP contribution >= 0.6 is 0 Å². The largest absolute Gasteiger partial charge is 0.311 e. The van der Waals surface area contributed by atoms with Crippen LogP contribution < -0.4 is 10.6 Å². The number of nitrogens with zero attached hydrogens (tertiary/aromatic N) is 4. The van der Waals surface area contributed by atoms with Gasteiger partial charge in [0.15, 0.2) is 0 Å². The molecule has 0 aliphatic heterocycles. The van der Waals surface area contributed by atoms with E-state index in [1.54, 1.807) is 21.8 Å². The number of rotatable bonds is 8. The number of hydrogen-bond donors (Lipinski definition) is 2. The Morgan fingerprint density at radius 3 is 1.70 bits per heavy atom. The summed E-state index contributed by atoms with van der Waals surface area (Å²) < 4.78 is 3.59. The third kappa shape index (κ3) is 5.29. The van der Waals surface area contributed by atoms with E-state index in [1.807, 2.05) is 39.8 Å². The number of anilines is 2. The summed E-state index contributed by atoms with van der Waals surface area (Å²) in [5.74, 6) is 1.29. The van der Waals surface area contributed by atoms with Crippen molar-refractivity contribution < 1.29 is 9.59 Å². The van der Waals surface area contributed by atoms with Crippen molar-refractivity contribution in [2.24, 2.45) is 5.41 Å². The van der Waals surface area contributed by atoms with E-state index in [9.17, 15) is 9.59 Å². The predicted molar refractivity (Wildman–Crippen MR) is 117 cm³/mol. The summed E-state index contributed by atoms with van der Waals surface area (Å²) in [6.45, 7) is 8.10. The lowest BCUT2D eigenvalue weighted by Crippen LogP contribution is -2.34. The van der Waals surface area contributed by atoms with Gasteiger partial charge in [0, 0.05) is 37.1 Å². The van der Waals surface area contributed by atoms with Gasteiger partial charge in [-0.25, -0.2) is 9.36 Å². The van der Waals surface area contributed by atoms with Gasteiger partial charge in [-0.05, 0) is 46.0 Å². The van der Waals surface area contributed by atoms with E-state index >= 15 is 0 Å². The first-order valence-corrected chi connectivity index (χ1v) is 11.0. The lowest BCUT2D eigenvalue weighted by atomic mass is 9.69. The number of hydrogen-bond acceptors (Lipinski definition) is 4. The van der Waals surface area contributed by atoms with Gasteiger partial charge < -0.3 is 10.6 Å². The Balaban J connectivity index is 1.68. The van der Waals surface area contributed by atoms with Gasteiger partial charge in [0.25, 0.3) is 0 Å². The molecule has 8 nitrogen and oxygen atoms in total. The SMILES string of the molecule is CC(C)n1nccc1NC(=O)CC1(CC(=O)Nc2ccnn2C(C)C)CCCCC1. The van der Waals surface area contributed by atoms with E-state index in [2.05, 4.69) is 20.8 Å². The van der Waals surface area contributed by atoms with Crippen molar-refractivity contribution in [1.82, 2.24) is 19.6 Å².